The molecule has 2 fully saturated rings. The summed E-state index contributed by atoms with van der Waals surface area (Å²) in [7, 11) is 1.70. The number of piperidine rings is 1. The van der Waals surface area contributed by atoms with Crippen LogP contribution in [0.5, 0.6) is 0 Å². The van der Waals surface area contributed by atoms with E-state index in [-0.39, 0.29) is 11.4 Å². The third kappa shape index (κ3) is 5.18. The molecule has 2 aliphatic rings. The van der Waals surface area contributed by atoms with Crippen molar-refractivity contribution in [2.75, 3.05) is 46.5 Å². The first-order chi connectivity index (χ1) is 14.0. The van der Waals surface area contributed by atoms with Crippen molar-refractivity contribution in [2.45, 2.75) is 46.1 Å². The number of hydrazine groups is 1. The van der Waals surface area contributed by atoms with Gasteiger partial charge in [-0.25, -0.2) is 5.43 Å². The number of likely N-dealkylation sites (tertiary alicyclic amines) is 1. The molecule has 0 amide bonds. The number of nitrogens with zero attached hydrogens (tertiary/aromatic N) is 1. The number of hydrogen-bond acceptors (Lipinski definition) is 6. The molecule has 29 heavy (non-hydrogen) atoms. The normalized spacial score (nSPS) is 24.6. The van der Waals surface area contributed by atoms with Gasteiger partial charge in [-0.1, -0.05) is 23.8 Å². The van der Waals surface area contributed by atoms with Gasteiger partial charge >= 0.3 is 5.97 Å². The lowest BCUT2D eigenvalue weighted by molar-refractivity contribution is -0.160. The standard InChI is InChI=1S/C23H37N3O3/c1-5-29-22(27)23(10-13-28-4)8-11-26(12-9-23)16-19-15-24-25-21(19)20-14-17(2)6-7-18(20)3/h6-7,14,19,21,24-25H,5,8-13,15-16H2,1-4H3. The van der Waals surface area contributed by atoms with Crippen LogP contribution >= 0.6 is 0 Å². The first kappa shape index (κ1) is 22.2. The van der Waals surface area contributed by atoms with Gasteiger partial charge in [-0.05, 0) is 64.3 Å². The second-order valence-corrected chi connectivity index (χ2v) is 8.67. The van der Waals surface area contributed by atoms with Gasteiger partial charge in [-0.3, -0.25) is 10.2 Å². The van der Waals surface area contributed by atoms with Gasteiger partial charge < -0.3 is 14.4 Å². The van der Waals surface area contributed by atoms with Crippen molar-refractivity contribution in [2.24, 2.45) is 11.3 Å². The van der Waals surface area contributed by atoms with Crippen LogP contribution in [0.25, 0.3) is 0 Å². The zero-order valence-corrected chi connectivity index (χ0v) is 18.4. The highest BCUT2D eigenvalue weighted by atomic mass is 16.5. The Balaban J connectivity index is 1.63. The molecule has 2 unspecified atom stereocenters. The van der Waals surface area contributed by atoms with Crippen LogP contribution < -0.4 is 10.9 Å². The Kier molecular flexibility index (Phi) is 7.68. The average molecular weight is 404 g/mol. The lowest BCUT2D eigenvalue weighted by Crippen LogP contribution is -2.47. The minimum Gasteiger partial charge on any atom is -0.466 e. The van der Waals surface area contributed by atoms with Crippen molar-refractivity contribution in [1.82, 2.24) is 15.8 Å². The smallest absolute Gasteiger partial charge is 0.312 e. The van der Waals surface area contributed by atoms with E-state index in [9.17, 15) is 4.79 Å². The SMILES string of the molecule is CCOC(=O)C1(CCOC)CCN(CC2CNNC2c2cc(C)ccc2C)CC1. The Morgan fingerprint density at radius 3 is 2.72 bits per heavy atom. The maximum absolute atomic E-state index is 12.7. The summed E-state index contributed by atoms with van der Waals surface area (Å²) in [4.78, 5) is 15.2. The molecule has 0 radical (unpaired) electrons. The highest BCUT2D eigenvalue weighted by Crippen LogP contribution is 2.38. The monoisotopic (exact) mass is 403 g/mol. The molecule has 0 saturated carbocycles. The van der Waals surface area contributed by atoms with Crippen molar-refractivity contribution in [1.29, 1.82) is 0 Å². The summed E-state index contributed by atoms with van der Waals surface area (Å²) in [6, 6.07) is 7.02. The molecule has 2 atom stereocenters. The summed E-state index contributed by atoms with van der Waals surface area (Å²) in [6.45, 7) is 11.1. The molecule has 6 nitrogen and oxygen atoms in total. The molecule has 1 aromatic rings. The molecule has 6 heteroatoms. The van der Waals surface area contributed by atoms with Crippen LogP contribution in [-0.4, -0.2) is 57.4 Å². The molecular weight excluding hydrogens is 366 g/mol. The van der Waals surface area contributed by atoms with E-state index in [1.54, 1.807) is 7.11 Å². The van der Waals surface area contributed by atoms with Gasteiger partial charge in [-0.2, -0.15) is 0 Å². The largest absolute Gasteiger partial charge is 0.466 e. The van der Waals surface area contributed by atoms with Crippen LogP contribution in [0.1, 0.15) is 48.9 Å². The van der Waals surface area contributed by atoms with E-state index >= 15 is 0 Å². The number of nitrogens with one attached hydrogen (secondary N) is 2. The predicted octanol–water partition coefficient (Wildman–Crippen LogP) is 2.75. The van der Waals surface area contributed by atoms with Crippen molar-refractivity contribution in [3.05, 3.63) is 34.9 Å². The quantitative estimate of drug-likeness (QED) is 0.651. The summed E-state index contributed by atoms with van der Waals surface area (Å²) in [5.41, 5.74) is 10.5. The summed E-state index contributed by atoms with van der Waals surface area (Å²) < 4.78 is 10.7. The second-order valence-electron chi connectivity index (χ2n) is 8.67. The number of esters is 1. The van der Waals surface area contributed by atoms with E-state index in [0.29, 0.717) is 25.2 Å². The van der Waals surface area contributed by atoms with Crippen LogP contribution in [0, 0.1) is 25.2 Å². The molecule has 0 aromatic heterocycles. The van der Waals surface area contributed by atoms with Gasteiger partial charge in [0.05, 0.1) is 18.1 Å². The van der Waals surface area contributed by atoms with Crippen LogP contribution in [0.15, 0.2) is 18.2 Å². The maximum Gasteiger partial charge on any atom is 0.312 e. The zero-order chi connectivity index (χ0) is 20.9. The molecule has 1 aromatic carbocycles. The highest BCUT2D eigenvalue weighted by molar-refractivity contribution is 5.77. The molecule has 2 N–H and O–H groups in total. The van der Waals surface area contributed by atoms with Crippen molar-refractivity contribution in [3.8, 4) is 0 Å². The molecule has 2 saturated heterocycles. The van der Waals surface area contributed by atoms with E-state index in [2.05, 4.69) is 47.8 Å². The summed E-state index contributed by atoms with van der Waals surface area (Å²) >= 11 is 0. The highest BCUT2D eigenvalue weighted by Gasteiger charge is 2.43. The first-order valence-corrected chi connectivity index (χ1v) is 10.9. The Labute approximate surface area is 175 Å². The van der Waals surface area contributed by atoms with E-state index < -0.39 is 0 Å². The molecule has 0 aliphatic carbocycles. The minimum atomic E-state index is -0.388. The fourth-order valence-electron chi connectivity index (χ4n) is 4.77. The van der Waals surface area contributed by atoms with Gasteiger partial charge in [0.25, 0.3) is 0 Å². The number of rotatable bonds is 8. The van der Waals surface area contributed by atoms with E-state index in [1.165, 1.54) is 16.7 Å². The van der Waals surface area contributed by atoms with E-state index in [4.69, 9.17) is 9.47 Å². The third-order valence-electron chi connectivity index (χ3n) is 6.66. The summed E-state index contributed by atoms with van der Waals surface area (Å²) in [5, 5.41) is 0. The van der Waals surface area contributed by atoms with Crippen LogP contribution in [0.4, 0.5) is 0 Å². The Morgan fingerprint density at radius 2 is 2.03 bits per heavy atom. The number of methoxy groups -OCH3 is 1. The van der Waals surface area contributed by atoms with E-state index in [1.807, 2.05) is 6.92 Å². The maximum atomic E-state index is 12.7. The molecule has 0 bridgehead atoms. The van der Waals surface area contributed by atoms with E-state index in [0.717, 1.165) is 45.4 Å². The molecule has 0 spiro atoms. The number of benzene rings is 1. The molecule has 162 valence electrons. The number of hydrogen-bond donors (Lipinski definition) is 2. The fraction of sp³-hybridized carbons (Fsp3) is 0.696. The van der Waals surface area contributed by atoms with Gasteiger partial charge in [-0.15, -0.1) is 0 Å². The van der Waals surface area contributed by atoms with Gasteiger partial charge in [0.2, 0.25) is 0 Å². The number of carbonyl (C=O) groups is 1. The molecule has 3 rings (SSSR count). The third-order valence-corrected chi connectivity index (χ3v) is 6.66. The zero-order valence-electron chi connectivity index (χ0n) is 18.4. The fourth-order valence-corrected chi connectivity index (χ4v) is 4.77. The lowest BCUT2D eigenvalue weighted by Gasteiger charge is -2.41. The predicted molar refractivity (Wildman–Crippen MR) is 115 cm³/mol. The molecule has 2 heterocycles. The van der Waals surface area contributed by atoms with Gasteiger partial charge in [0.1, 0.15) is 0 Å². The summed E-state index contributed by atoms with van der Waals surface area (Å²) in [5.74, 6) is 0.457. The number of ether oxygens (including phenoxy) is 2. The van der Waals surface area contributed by atoms with Crippen molar-refractivity contribution < 1.29 is 14.3 Å². The van der Waals surface area contributed by atoms with Gasteiger partial charge in [0, 0.05) is 32.7 Å². The lowest BCUT2D eigenvalue weighted by atomic mass is 9.75. The topological polar surface area (TPSA) is 62.8 Å². The number of carbonyl (C=O) groups excluding carboxylic acids is 1. The Hall–Kier alpha value is -1.47. The van der Waals surface area contributed by atoms with Crippen molar-refractivity contribution in [3.63, 3.8) is 0 Å². The first-order valence-electron chi connectivity index (χ1n) is 10.9. The van der Waals surface area contributed by atoms with Crippen LogP contribution in [0.2, 0.25) is 0 Å². The second kappa shape index (κ2) is 10.0. The van der Waals surface area contributed by atoms with Crippen LogP contribution in [-0.2, 0) is 14.3 Å². The van der Waals surface area contributed by atoms with Crippen LogP contribution in [0.3, 0.4) is 0 Å². The Morgan fingerprint density at radius 1 is 1.28 bits per heavy atom. The molecular formula is C23H37N3O3. The minimum absolute atomic E-state index is 0.0471. The number of aryl methyl sites for hydroxylation is 2. The summed E-state index contributed by atoms with van der Waals surface area (Å²) in [6.07, 6.45) is 2.43. The molecule has 2 aliphatic heterocycles. The Bertz CT molecular complexity index is 686. The average Bonchev–Trinajstić information content (AvgIpc) is 3.17. The van der Waals surface area contributed by atoms with Crippen molar-refractivity contribution >= 4 is 5.97 Å². The van der Waals surface area contributed by atoms with Gasteiger partial charge in [0.15, 0.2) is 0 Å².